The van der Waals surface area contributed by atoms with Crippen LogP contribution in [0.25, 0.3) is 0 Å². The molecule has 2 atom stereocenters. The summed E-state index contributed by atoms with van der Waals surface area (Å²) in [5.41, 5.74) is 5.11. The van der Waals surface area contributed by atoms with Crippen molar-refractivity contribution in [2.24, 2.45) is 5.10 Å². The van der Waals surface area contributed by atoms with Crippen LogP contribution in [-0.2, 0) is 16.1 Å². The summed E-state index contributed by atoms with van der Waals surface area (Å²) in [6.07, 6.45) is 0.238. The summed E-state index contributed by atoms with van der Waals surface area (Å²) in [4.78, 5) is 24.6. The van der Waals surface area contributed by atoms with E-state index < -0.39 is 24.3 Å². The Morgan fingerprint density at radius 1 is 1.09 bits per heavy atom. The molecule has 46 heavy (non-hydrogen) atoms. The summed E-state index contributed by atoms with van der Waals surface area (Å²) in [7, 11) is 2.77. The van der Waals surface area contributed by atoms with Crippen molar-refractivity contribution >= 4 is 34.1 Å². The molecule has 2 amide bonds. The lowest BCUT2D eigenvalue weighted by Gasteiger charge is -2.28. The number of urea groups is 1. The number of hydrogen-bond donors (Lipinski definition) is 4. The van der Waals surface area contributed by atoms with Gasteiger partial charge in [-0.3, -0.25) is 5.43 Å². The summed E-state index contributed by atoms with van der Waals surface area (Å²) in [6.45, 7) is 3.68. The number of aliphatic hydroxyl groups excluding tert-OH is 1. The van der Waals surface area contributed by atoms with Gasteiger partial charge in [-0.25, -0.2) is 14.0 Å². The number of nitrogens with one attached hydrogen (secondary N) is 3. The van der Waals surface area contributed by atoms with Crippen LogP contribution in [0.3, 0.4) is 0 Å². The topological polar surface area (TPSA) is 149 Å². The van der Waals surface area contributed by atoms with E-state index in [1.165, 1.54) is 32.6 Å². The van der Waals surface area contributed by atoms with Gasteiger partial charge in [0, 0.05) is 15.7 Å². The average molecular weight is 702 g/mol. The van der Waals surface area contributed by atoms with E-state index in [0.29, 0.717) is 50.9 Å². The minimum atomic E-state index is -1.22. The minimum Gasteiger partial charge on any atom is -0.493 e. The standard InChI is InChI=1S/C32H34BrFN4O8/c1-5-44-25-13-20(29-28(31(40)43-4)18(2)36-32(41)37-29)8-11-24(25)45-17-27(39)38-35-15-21-12-22(33)14-26(42-3)30(21)46-16-19-6-9-23(34)10-7-19/h6-15,27,29,38-39H,5,16-17H2,1-4H3,(H2,36,37,41)/b35-15+/t27-,29-/m0/s1. The molecular formula is C32H34BrFN4O8. The fraction of sp³-hybridized carbons (Fsp3) is 0.281. The first-order valence-electron chi connectivity index (χ1n) is 14.1. The summed E-state index contributed by atoms with van der Waals surface area (Å²) >= 11 is 3.44. The Labute approximate surface area is 273 Å². The van der Waals surface area contributed by atoms with Crippen LogP contribution in [0.2, 0.25) is 0 Å². The van der Waals surface area contributed by atoms with Crippen molar-refractivity contribution < 1.29 is 42.8 Å². The van der Waals surface area contributed by atoms with Gasteiger partial charge < -0.3 is 39.4 Å². The molecule has 0 saturated heterocycles. The molecule has 1 aliphatic rings. The molecule has 12 nitrogen and oxygen atoms in total. The van der Waals surface area contributed by atoms with Gasteiger partial charge in [0.15, 0.2) is 29.2 Å². The lowest BCUT2D eigenvalue weighted by molar-refractivity contribution is -0.136. The lowest BCUT2D eigenvalue weighted by Crippen LogP contribution is -2.45. The maximum Gasteiger partial charge on any atom is 0.337 e. The fourth-order valence-electron chi connectivity index (χ4n) is 4.54. The smallest absolute Gasteiger partial charge is 0.337 e. The van der Waals surface area contributed by atoms with E-state index in [1.54, 1.807) is 56.3 Å². The highest BCUT2D eigenvalue weighted by Gasteiger charge is 2.32. The molecule has 0 unspecified atom stereocenters. The normalized spacial score (nSPS) is 15.1. The van der Waals surface area contributed by atoms with Gasteiger partial charge in [0.2, 0.25) is 0 Å². The van der Waals surface area contributed by atoms with Crippen molar-refractivity contribution in [1.29, 1.82) is 0 Å². The Kier molecular flexibility index (Phi) is 11.8. The van der Waals surface area contributed by atoms with Crippen LogP contribution in [0.1, 0.15) is 36.6 Å². The number of nitrogens with zero attached hydrogens (tertiary/aromatic N) is 1. The van der Waals surface area contributed by atoms with Crippen LogP contribution in [0.4, 0.5) is 9.18 Å². The van der Waals surface area contributed by atoms with Crippen molar-refractivity contribution in [2.75, 3.05) is 27.4 Å². The summed E-state index contributed by atoms with van der Waals surface area (Å²) < 4.78 is 41.9. The average Bonchev–Trinajstić information content (AvgIpc) is 3.03. The molecule has 3 aromatic carbocycles. The number of esters is 1. The van der Waals surface area contributed by atoms with Gasteiger partial charge in [-0.05, 0) is 61.4 Å². The van der Waals surface area contributed by atoms with E-state index in [0.717, 1.165) is 5.56 Å². The van der Waals surface area contributed by atoms with Gasteiger partial charge in [0.25, 0.3) is 0 Å². The van der Waals surface area contributed by atoms with E-state index in [1.807, 2.05) is 0 Å². The van der Waals surface area contributed by atoms with Gasteiger partial charge in [-0.2, -0.15) is 5.10 Å². The van der Waals surface area contributed by atoms with Crippen molar-refractivity contribution in [3.63, 3.8) is 0 Å². The number of carbonyl (C=O) groups is 2. The molecule has 1 heterocycles. The van der Waals surface area contributed by atoms with Crippen molar-refractivity contribution in [1.82, 2.24) is 16.1 Å². The maximum atomic E-state index is 13.3. The number of hydrogen-bond acceptors (Lipinski definition) is 10. The Balaban J connectivity index is 1.44. The molecule has 0 aromatic heterocycles. The van der Waals surface area contributed by atoms with E-state index in [4.69, 9.17) is 23.7 Å². The second-order valence-electron chi connectivity index (χ2n) is 9.86. The fourth-order valence-corrected chi connectivity index (χ4v) is 5.00. The zero-order chi connectivity index (χ0) is 33.2. The quantitative estimate of drug-likeness (QED) is 0.0813. The highest BCUT2D eigenvalue weighted by molar-refractivity contribution is 9.10. The van der Waals surface area contributed by atoms with E-state index in [9.17, 15) is 19.1 Å². The third-order valence-electron chi connectivity index (χ3n) is 6.66. The monoisotopic (exact) mass is 700 g/mol. The first kappa shape index (κ1) is 34.1. The second-order valence-corrected chi connectivity index (χ2v) is 10.8. The van der Waals surface area contributed by atoms with Crippen LogP contribution in [0.15, 0.2) is 75.4 Å². The van der Waals surface area contributed by atoms with E-state index >= 15 is 0 Å². The third kappa shape index (κ3) is 8.67. The number of benzene rings is 3. The highest BCUT2D eigenvalue weighted by atomic mass is 79.9. The molecule has 4 rings (SSSR count). The van der Waals surface area contributed by atoms with Crippen molar-refractivity contribution in [3.8, 4) is 23.0 Å². The molecule has 4 N–H and O–H groups in total. The van der Waals surface area contributed by atoms with E-state index in [2.05, 4.69) is 37.1 Å². The minimum absolute atomic E-state index is 0.161. The van der Waals surface area contributed by atoms with Crippen LogP contribution >= 0.6 is 15.9 Å². The number of carbonyl (C=O) groups excluding carboxylic acids is 2. The van der Waals surface area contributed by atoms with Gasteiger partial charge in [0.1, 0.15) is 19.0 Å². The van der Waals surface area contributed by atoms with Crippen molar-refractivity contribution in [2.45, 2.75) is 32.7 Å². The predicted octanol–water partition coefficient (Wildman–Crippen LogP) is 4.70. The van der Waals surface area contributed by atoms with Gasteiger partial charge >= 0.3 is 12.0 Å². The molecule has 0 radical (unpaired) electrons. The lowest BCUT2D eigenvalue weighted by atomic mass is 9.95. The van der Waals surface area contributed by atoms with Crippen LogP contribution < -0.4 is 35.0 Å². The van der Waals surface area contributed by atoms with Crippen LogP contribution in [-0.4, -0.2) is 57.0 Å². The summed E-state index contributed by atoms with van der Waals surface area (Å²) in [5, 5.41) is 20.0. The summed E-state index contributed by atoms with van der Waals surface area (Å²) in [6, 6.07) is 13.2. The number of methoxy groups -OCH3 is 2. The Morgan fingerprint density at radius 3 is 2.54 bits per heavy atom. The number of halogens is 2. The van der Waals surface area contributed by atoms with Gasteiger partial charge in [-0.15, -0.1) is 0 Å². The Bertz CT molecular complexity index is 1620. The van der Waals surface area contributed by atoms with Crippen LogP contribution in [0.5, 0.6) is 23.0 Å². The van der Waals surface area contributed by atoms with E-state index in [-0.39, 0.29) is 24.6 Å². The molecule has 244 valence electrons. The number of ether oxygens (including phenoxy) is 5. The first-order chi connectivity index (χ1) is 22.1. The summed E-state index contributed by atoms with van der Waals surface area (Å²) in [5.74, 6) is 0.585. The second kappa shape index (κ2) is 16.0. The molecule has 1 aliphatic heterocycles. The number of hydrazone groups is 1. The SMILES string of the molecule is CCOc1cc([C@@H]2NC(=O)NC(C)=C2C(=O)OC)ccc1OC[C@H](O)N/N=C/c1cc(Br)cc(OC)c1OCc1ccc(F)cc1. The molecule has 3 aromatic rings. The zero-order valence-electron chi connectivity index (χ0n) is 25.6. The largest absolute Gasteiger partial charge is 0.493 e. The molecule has 0 saturated carbocycles. The maximum absolute atomic E-state index is 13.3. The first-order valence-corrected chi connectivity index (χ1v) is 14.9. The number of allylic oxidation sites excluding steroid dienone is 1. The van der Waals surface area contributed by atoms with Crippen molar-refractivity contribution in [3.05, 3.63) is 92.8 Å². The third-order valence-corrected chi connectivity index (χ3v) is 7.12. The number of rotatable bonds is 14. The predicted molar refractivity (Wildman–Crippen MR) is 170 cm³/mol. The van der Waals surface area contributed by atoms with Gasteiger partial charge in [0.05, 0.1) is 38.7 Å². The molecule has 0 bridgehead atoms. The van der Waals surface area contributed by atoms with Gasteiger partial charge in [-0.1, -0.05) is 34.1 Å². The Hall–Kier alpha value is -4.82. The molecule has 0 spiro atoms. The van der Waals surface area contributed by atoms with Crippen LogP contribution in [0, 0.1) is 5.82 Å². The zero-order valence-corrected chi connectivity index (χ0v) is 27.1. The molecule has 0 fully saturated rings. The molecule has 0 aliphatic carbocycles. The molecular weight excluding hydrogens is 667 g/mol. The molecule has 14 heteroatoms. The number of amides is 2. The highest BCUT2D eigenvalue weighted by Crippen LogP contribution is 2.36. The number of aliphatic hydroxyl groups is 1. The Morgan fingerprint density at radius 2 is 1.85 bits per heavy atom.